The van der Waals surface area contributed by atoms with E-state index in [2.05, 4.69) is 43.9 Å². The maximum atomic E-state index is 5.76. The fourth-order valence-electron chi connectivity index (χ4n) is 4.22. The Morgan fingerprint density at radius 3 is 3.00 bits per heavy atom. The molecule has 0 aliphatic carbocycles. The van der Waals surface area contributed by atoms with Crippen molar-refractivity contribution in [2.24, 2.45) is 4.99 Å². The molecule has 9 heteroatoms. The molecular formula is C18H18N8O. The van der Waals surface area contributed by atoms with Crippen LogP contribution < -0.4 is 10.1 Å². The zero-order valence-electron chi connectivity index (χ0n) is 14.8. The molecule has 6 rings (SSSR count). The van der Waals surface area contributed by atoms with E-state index >= 15 is 0 Å². The first-order valence-electron chi connectivity index (χ1n) is 9.09. The Bertz CT molecular complexity index is 1050. The Morgan fingerprint density at radius 1 is 1.19 bits per heavy atom. The molecule has 3 aromatic rings. The summed E-state index contributed by atoms with van der Waals surface area (Å²) in [5.41, 5.74) is 3.20. The number of anilines is 1. The quantitative estimate of drug-likeness (QED) is 0.687. The van der Waals surface area contributed by atoms with Gasteiger partial charge in [0.1, 0.15) is 6.33 Å². The summed E-state index contributed by atoms with van der Waals surface area (Å²) in [6.07, 6.45) is 6.64. The second-order valence-electron chi connectivity index (χ2n) is 6.97. The molecule has 3 aliphatic heterocycles. The first-order chi connectivity index (χ1) is 13.3. The molecule has 2 unspecified atom stereocenters. The average molecular weight is 362 g/mol. The molecule has 136 valence electrons. The maximum Gasteiger partial charge on any atom is 0.162 e. The summed E-state index contributed by atoms with van der Waals surface area (Å²) in [6, 6.07) is 8.23. The molecule has 0 amide bonds. The molecule has 2 aromatic heterocycles. The van der Waals surface area contributed by atoms with E-state index < -0.39 is 0 Å². The van der Waals surface area contributed by atoms with Crippen LogP contribution in [0.15, 0.2) is 48.0 Å². The van der Waals surface area contributed by atoms with Crippen molar-refractivity contribution in [3.8, 4) is 5.69 Å². The highest BCUT2D eigenvalue weighted by atomic mass is 16.5. The number of imidazole rings is 1. The minimum absolute atomic E-state index is 0.151. The van der Waals surface area contributed by atoms with Crippen LogP contribution in [0.25, 0.3) is 5.69 Å². The number of para-hydroxylation sites is 1. The van der Waals surface area contributed by atoms with Gasteiger partial charge in [0.25, 0.3) is 0 Å². The Kier molecular flexibility index (Phi) is 2.98. The summed E-state index contributed by atoms with van der Waals surface area (Å²) >= 11 is 0. The van der Waals surface area contributed by atoms with E-state index in [1.54, 1.807) is 0 Å². The van der Waals surface area contributed by atoms with Crippen LogP contribution in [0.1, 0.15) is 30.5 Å². The number of benzene rings is 1. The lowest BCUT2D eigenvalue weighted by Crippen LogP contribution is -2.52. The number of hydrogen-bond acceptors (Lipinski definition) is 7. The molecule has 1 fully saturated rings. The van der Waals surface area contributed by atoms with E-state index in [1.165, 1.54) is 0 Å². The number of ether oxygens (including phenoxy) is 1. The summed E-state index contributed by atoms with van der Waals surface area (Å²) < 4.78 is 7.83. The Balaban J connectivity index is 1.47. The molecule has 0 N–H and O–H groups in total. The van der Waals surface area contributed by atoms with Gasteiger partial charge in [-0.05, 0) is 30.7 Å². The van der Waals surface area contributed by atoms with Crippen molar-refractivity contribution in [1.82, 2.24) is 24.7 Å². The van der Waals surface area contributed by atoms with Crippen LogP contribution in [-0.2, 0) is 4.74 Å². The third kappa shape index (κ3) is 1.97. The van der Waals surface area contributed by atoms with Gasteiger partial charge in [0.15, 0.2) is 18.3 Å². The van der Waals surface area contributed by atoms with Crippen molar-refractivity contribution >= 4 is 11.7 Å². The summed E-state index contributed by atoms with van der Waals surface area (Å²) in [7, 11) is 0. The SMILES string of the molecule is CC1OCCC1c1cnnn1N1CN=C2c3ccccc3-n3cncc3N21. The normalized spacial score (nSPS) is 23.2. The van der Waals surface area contributed by atoms with Crippen molar-refractivity contribution in [1.29, 1.82) is 0 Å². The highest BCUT2D eigenvalue weighted by Gasteiger charge is 2.39. The lowest BCUT2D eigenvalue weighted by molar-refractivity contribution is 0.117. The van der Waals surface area contributed by atoms with Gasteiger partial charge in [0.2, 0.25) is 0 Å². The first-order valence-corrected chi connectivity index (χ1v) is 9.09. The van der Waals surface area contributed by atoms with Crippen molar-refractivity contribution in [3.63, 3.8) is 0 Å². The number of fused-ring (bicyclic) bond motifs is 6. The molecule has 0 bridgehead atoms. The summed E-state index contributed by atoms with van der Waals surface area (Å²) in [5.74, 6) is 2.10. The van der Waals surface area contributed by atoms with Crippen molar-refractivity contribution < 1.29 is 4.74 Å². The Morgan fingerprint density at radius 2 is 2.11 bits per heavy atom. The number of hydrogen-bond donors (Lipinski definition) is 0. The van der Waals surface area contributed by atoms with Gasteiger partial charge in [0.05, 0.1) is 29.9 Å². The second-order valence-corrected chi connectivity index (χ2v) is 6.97. The number of hydrazine groups is 1. The standard InChI is InChI=1S/C18H18N8O/c1-12-13(6-7-27-12)16-8-21-22-26(16)24-11-20-18-14-4-2-3-5-15(14)23-10-19-9-17(23)25(18)24/h2-5,8-10,12-13H,6-7,11H2,1H3. The largest absolute Gasteiger partial charge is 0.378 e. The molecule has 9 nitrogen and oxygen atoms in total. The van der Waals surface area contributed by atoms with Crippen LogP contribution in [0.4, 0.5) is 5.82 Å². The topological polar surface area (TPSA) is 76.6 Å². The van der Waals surface area contributed by atoms with Gasteiger partial charge >= 0.3 is 0 Å². The molecule has 1 saturated heterocycles. The summed E-state index contributed by atoms with van der Waals surface area (Å²) in [5, 5.41) is 12.6. The fraction of sp³-hybridized carbons (Fsp3) is 0.333. The van der Waals surface area contributed by atoms with Gasteiger partial charge in [-0.1, -0.05) is 12.1 Å². The van der Waals surface area contributed by atoms with Crippen molar-refractivity contribution in [3.05, 3.63) is 54.2 Å². The van der Waals surface area contributed by atoms with Crippen LogP contribution in [-0.4, -0.2) is 49.9 Å². The third-order valence-corrected chi connectivity index (χ3v) is 5.55. The smallest absolute Gasteiger partial charge is 0.162 e. The Labute approximate surface area is 155 Å². The second kappa shape index (κ2) is 5.40. The first kappa shape index (κ1) is 14.9. The molecule has 27 heavy (non-hydrogen) atoms. The average Bonchev–Trinajstić information content (AvgIpc) is 3.46. The van der Waals surface area contributed by atoms with Gasteiger partial charge in [-0.3, -0.25) is 4.57 Å². The molecule has 2 atom stereocenters. The zero-order valence-corrected chi connectivity index (χ0v) is 14.8. The van der Waals surface area contributed by atoms with Gasteiger partial charge in [-0.2, -0.15) is 10.1 Å². The number of amidine groups is 1. The summed E-state index contributed by atoms with van der Waals surface area (Å²) in [6.45, 7) is 3.34. The van der Waals surface area contributed by atoms with E-state index in [0.717, 1.165) is 41.6 Å². The summed E-state index contributed by atoms with van der Waals surface area (Å²) in [4.78, 5) is 11.0. The van der Waals surface area contributed by atoms with E-state index in [4.69, 9.17) is 9.73 Å². The number of aromatic nitrogens is 5. The van der Waals surface area contributed by atoms with E-state index in [-0.39, 0.29) is 12.0 Å². The monoisotopic (exact) mass is 362 g/mol. The van der Waals surface area contributed by atoms with E-state index in [0.29, 0.717) is 6.67 Å². The van der Waals surface area contributed by atoms with Crippen molar-refractivity contribution in [2.45, 2.75) is 25.4 Å². The Hall–Kier alpha value is -3.20. The van der Waals surface area contributed by atoms with Crippen molar-refractivity contribution in [2.75, 3.05) is 23.4 Å². The molecule has 3 aliphatic rings. The van der Waals surface area contributed by atoms with Gasteiger partial charge < -0.3 is 4.74 Å². The van der Waals surface area contributed by atoms with Crippen LogP contribution in [0, 0.1) is 0 Å². The molecule has 0 radical (unpaired) electrons. The third-order valence-electron chi connectivity index (χ3n) is 5.55. The van der Waals surface area contributed by atoms with Gasteiger partial charge in [0, 0.05) is 18.1 Å². The predicted molar refractivity (Wildman–Crippen MR) is 98.5 cm³/mol. The highest BCUT2D eigenvalue weighted by molar-refractivity contribution is 6.15. The molecule has 5 heterocycles. The lowest BCUT2D eigenvalue weighted by atomic mass is 10.00. The van der Waals surface area contributed by atoms with Gasteiger partial charge in [-0.25, -0.2) is 9.98 Å². The van der Waals surface area contributed by atoms with Crippen LogP contribution >= 0.6 is 0 Å². The van der Waals surface area contributed by atoms with Crippen LogP contribution in [0.5, 0.6) is 0 Å². The zero-order chi connectivity index (χ0) is 18.0. The molecule has 0 saturated carbocycles. The van der Waals surface area contributed by atoms with Gasteiger partial charge in [-0.15, -0.1) is 9.89 Å². The number of aliphatic imine (C=N–C) groups is 1. The predicted octanol–water partition coefficient (Wildman–Crippen LogP) is 1.45. The van der Waals surface area contributed by atoms with E-state index in [1.807, 2.05) is 40.8 Å². The fourth-order valence-corrected chi connectivity index (χ4v) is 4.22. The van der Waals surface area contributed by atoms with Crippen LogP contribution in [0.3, 0.4) is 0 Å². The lowest BCUT2D eigenvalue weighted by Gasteiger charge is -2.35. The van der Waals surface area contributed by atoms with Crippen LogP contribution in [0.2, 0.25) is 0 Å². The number of rotatable bonds is 2. The number of nitrogens with zero attached hydrogens (tertiary/aromatic N) is 8. The molecule has 0 spiro atoms. The highest BCUT2D eigenvalue weighted by Crippen LogP contribution is 2.35. The molecule has 1 aromatic carbocycles. The minimum atomic E-state index is 0.151. The molecular weight excluding hydrogens is 344 g/mol. The minimum Gasteiger partial charge on any atom is -0.378 e. The van der Waals surface area contributed by atoms with E-state index in [9.17, 15) is 0 Å². The maximum absolute atomic E-state index is 5.76.